The smallest absolute Gasteiger partial charge is 0.299 e. The molecule has 0 aromatic carbocycles. The minimum atomic E-state index is -4.43. The van der Waals surface area contributed by atoms with Crippen molar-refractivity contribution in [2.24, 2.45) is 0 Å². The van der Waals surface area contributed by atoms with Gasteiger partial charge in [0.25, 0.3) is 0 Å². The summed E-state index contributed by atoms with van der Waals surface area (Å²) >= 11 is 1.23. The molecule has 0 fully saturated rings. The van der Waals surface area contributed by atoms with Gasteiger partial charge in [-0.3, -0.25) is 4.79 Å². The van der Waals surface area contributed by atoms with Gasteiger partial charge in [0.1, 0.15) is 17.2 Å². The molecule has 0 bridgehead atoms. The monoisotopic (exact) mass is 265 g/mol. The molecule has 0 atom stereocenters. The Hall–Kier alpha value is -0.910. The summed E-state index contributed by atoms with van der Waals surface area (Å²) in [7, 11) is 0. The third-order valence-corrected chi connectivity index (χ3v) is 2.91. The third-order valence-electron chi connectivity index (χ3n) is 2.07. The van der Waals surface area contributed by atoms with Gasteiger partial charge >= 0.3 is 6.18 Å². The molecule has 2 nitrogen and oxygen atoms in total. The van der Waals surface area contributed by atoms with Crippen LogP contribution < -0.4 is 0 Å². The number of carbonyl (C=O) groups is 1. The number of alkyl halides is 3. The average molecular weight is 265 g/mol. The molecule has 17 heavy (non-hydrogen) atoms. The van der Waals surface area contributed by atoms with Gasteiger partial charge in [0.15, 0.2) is 0 Å². The summed E-state index contributed by atoms with van der Waals surface area (Å²) < 4.78 is 35.9. The fourth-order valence-electron chi connectivity index (χ4n) is 1.19. The van der Waals surface area contributed by atoms with Crippen LogP contribution in [-0.4, -0.2) is 16.9 Å². The van der Waals surface area contributed by atoms with Crippen molar-refractivity contribution in [2.45, 2.75) is 45.2 Å². The number of hydrogen-bond acceptors (Lipinski definition) is 3. The SMILES string of the molecule is CC(C)(C)c1csc(CC(=O)CC(F)(F)F)n1. The van der Waals surface area contributed by atoms with E-state index >= 15 is 0 Å². The molecule has 0 radical (unpaired) electrons. The molecule has 1 aromatic rings. The van der Waals surface area contributed by atoms with Crippen molar-refractivity contribution in [2.75, 3.05) is 0 Å². The van der Waals surface area contributed by atoms with Gasteiger partial charge in [-0.05, 0) is 0 Å². The van der Waals surface area contributed by atoms with Crippen molar-refractivity contribution in [3.05, 3.63) is 16.1 Å². The summed E-state index contributed by atoms with van der Waals surface area (Å²) in [6.45, 7) is 5.89. The van der Waals surface area contributed by atoms with Crippen LogP contribution in [0.4, 0.5) is 13.2 Å². The molecule has 6 heteroatoms. The highest BCUT2D eigenvalue weighted by atomic mass is 32.1. The lowest BCUT2D eigenvalue weighted by atomic mass is 9.93. The lowest BCUT2D eigenvalue weighted by Crippen LogP contribution is -2.17. The molecule has 0 saturated carbocycles. The zero-order chi connectivity index (χ0) is 13.3. The molecule has 0 saturated heterocycles. The molecule has 0 spiro atoms. The van der Waals surface area contributed by atoms with Crippen LogP contribution in [0.15, 0.2) is 5.38 Å². The van der Waals surface area contributed by atoms with Crippen molar-refractivity contribution in [3.8, 4) is 0 Å². The molecular formula is C11H14F3NOS. The number of nitrogens with zero attached hydrogens (tertiary/aromatic N) is 1. The molecule has 1 heterocycles. The third kappa shape index (κ3) is 4.85. The largest absolute Gasteiger partial charge is 0.395 e. The maximum atomic E-state index is 12.0. The molecule has 0 aliphatic rings. The van der Waals surface area contributed by atoms with Crippen molar-refractivity contribution in [1.29, 1.82) is 0 Å². The van der Waals surface area contributed by atoms with Gasteiger partial charge in [-0.1, -0.05) is 20.8 Å². The minimum absolute atomic E-state index is 0.151. The Bertz CT molecular complexity index is 404. The summed E-state index contributed by atoms with van der Waals surface area (Å²) in [5, 5.41) is 2.24. The van der Waals surface area contributed by atoms with Crippen LogP contribution >= 0.6 is 11.3 Å². The molecule has 1 rings (SSSR count). The number of aromatic nitrogens is 1. The van der Waals surface area contributed by atoms with Gasteiger partial charge in [0.2, 0.25) is 0 Å². The number of rotatable bonds is 3. The van der Waals surface area contributed by atoms with E-state index < -0.39 is 18.4 Å². The van der Waals surface area contributed by atoms with E-state index in [1.807, 2.05) is 20.8 Å². The van der Waals surface area contributed by atoms with Crippen molar-refractivity contribution < 1.29 is 18.0 Å². The standard InChI is InChI=1S/C11H14F3NOS/c1-10(2,3)8-6-17-9(15-8)4-7(16)5-11(12,13)14/h6H,4-5H2,1-3H3. The lowest BCUT2D eigenvalue weighted by Gasteiger charge is -2.14. The van der Waals surface area contributed by atoms with Gasteiger partial charge in [-0.25, -0.2) is 4.98 Å². The first-order chi connectivity index (χ1) is 7.58. The highest BCUT2D eigenvalue weighted by Gasteiger charge is 2.31. The van der Waals surface area contributed by atoms with E-state index in [2.05, 4.69) is 4.98 Å². The second kappa shape index (κ2) is 4.76. The summed E-state index contributed by atoms with van der Waals surface area (Å²) in [5.41, 5.74) is 0.652. The van der Waals surface area contributed by atoms with E-state index in [1.165, 1.54) is 11.3 Å². The summed E-state index contributed by atoms with van der Waals surface area (Å²) in [5.74, 6) is -0.840. The number of ketones is 1. The van der Waals surface area contributed by atoms with Gasteiger partial charge in [0, 0.05) is 10.8 Å². The Kier molecular flexibility index (Phi) is 3.96. The average Bonchev–Trinajstić information content (AvgIpc) is 2.47. The van der Waals surface area contributed by atoms with Crippen LogP contribution in [0.1, 0.15) is 37.9 Å². The van der Waals surface area contributed by atoms with Crippen LogP contribution in [0.5, 0.6) is 0 Å². The van der Waals surface area contributed by atoms with Gasteiger partial charge in [0.05, 0.1) is 12.1 Å². The van der Waals surface area contributed by atoms with Crippen molar-refractivity contribution >= 4 is 17.1 Å². The van der Waals surface area contributed by atoms with Gasteiger partial charge < -0.3 is 0 Å². The van der Waals surface area contributed by atoms with Crippen molar-refractivity contribution in [1.82, 2.24) is 4.98 Å². The Morgan fingerprint density at radius 1 is 1.35 bits per heavy atom. The fourth-order valence-corrected chi connectivity index (χ4v) is 2.24. The quantitative estimate of drug-likeness (QED) is 0.837. The second-order valence-electron chi connectivity index (χ2n) is 4.88. The highest BCUT2D eigenvalue weighted by Crippen LogP contribution is 2.25. The van der Waals surface area contributed by atoms with E-state index in [0.29, 0.717) is 5.01 Å². The molecule has 0 aliphatic carbocycles. The highest BCUT2D eigenvalue weighted by molar-refractivity contribution is 7.09. The molecule has 0 aliphatic heterocycles. The van der Waals surface area contributed by atoms with Gasteiger partial charge in [-0.2, -0.15) is 13.2 Å². The Morgan fingerprint density at radius 2 is 1.94 bits per heavy atom. The molecule has 1 aromatic heterocycles. The fraction of sp³-hybridized carbons (Fsp3) is 0.636. The van der Waals surface area contributed by atoms with Crippen LogP contribution in [0.2, 0.25) is 0 Å². The first-order valence-electron chi connectivity index (χ1n) is 5.11. The first kappa shape index (κ1) is 14.2. The van der Waals surface area contributed by atoms with E-state index in [9.17, 15) is 18.0 Å². The van der Waals surface area contributed by atoms with Gasteiger partial charge in [-0.15, -0.1) is 11.3 Å². The van der Waals surface area contributed by atoms with Crippen LogP contribution in [0.3, 0.4) is 0 Å². The van der Waals surface area contributed by atoms with Crippen LogP contribution in [-0.2, 0) is 16.6 Å². The number of thiazole rings is 1. The molecule has 0 unspecified atom stereocenters. The molecular weight excluding hydrogens is 251 g/mol. The summed E-state index contributed by atoms with van der Waals surface area (Å²) in [6.07, 6.45) is -6.04. The van der Waals surface area contributed by atoms with E-state index in [4.69, 9.17) is 0 Å². The summed E-state index contributed by atoms with van der Waals surface area (Å²) in [4.78, 5) is 15.3. The molecule has 0 N–H and O–H groups in total. The maximum absolute atomic E-state index is 12.0. The zero-order valence-corrected chi connectivity index (χ0v) is 10.7. The Morgan fingerprint density at radius 3 is 2.35 bits per heavy atom. The number of halogens is 3. The maximum Gasteiger partial charge on any atom is 0.395 e. The van der Waals surface area contributed by atoms with Crippen molar-refractivity contribution in [3.63, 3.8) is 0 Å². The number of hydrogen-bond donors (Lipinski definition) is 0. The summed E-state index contributed by atoms with van der Waals surface area (Å²) in [6, 6.07) is 0. The molecule has 0 amide bonds. The topological polar surface area (TPSA) is 30.0 Å². The predicted molar refractivity (Wildman–Crippen MR) is 60.2 cm³/mol. The zero-order valence-electron chi connectivity index (χ0n) is 9.89. The van der Waals surface area contributed by atoms with Crippen LogP contribution in [0.25, 0.3) is 0 Å². The lowest BCUT2D eigenvalue weighted by molar-refractivity contribution is -0.151. The number of carbonyl (C=O) groups excluding carboxylic acids is 1. The second-order valence-corrected chi connectivity index (χ2v) is 5.83. The normalized spacial score (nSPS) is 12.8. The van der Waals surface area contributed by atoms with E-state index in [1.54, 1.807) is 5.38 Å². The van der Waals surface area contributed by atoms with Crippen LogP contribution in [0, 0.1) is 0 Å². The van der Waals surface area contributed by atoms with E-state index in [-0.39, 0.29) is 11.8 Å². The van der Waals surface area contributed by atoms with E-state index in [0.717, 1.165) is 5.69 Å². The molecule has 96 valence electrons. The predicted octanol–water partition coefficient (Wildman–Crippen LogP) is 3.50. The Balaban J connectivity index is 2.65. The minimum Gasteiger partial charge on any atom is -0.299 e. The Labute approximate surface area is 102 Å². The first-order valence-corrected chi connectivity index (χ1v) is 5.99. The number of Topliss-reactive ketones (excluding diaryl/α,β-unsaturated/α-hetero) is 1.